The van der Waals surface area contributed by atoms with Gasteiger partial charge in [-0.15, -0.1) is 0 Å². The average molecular weight is 317 g/mol. The van der Waals surface area contributed by atoms with Crippen LogP contribution in [0.5, 0.6) is 0 Å². The summed E-state index contributed by atoms with van der Waals surface area (Å²) in [5, 5.41) is 14.7. The van der Waals surface area contributed by atoms with Crippen LogP contribution in [0.25, 0.3) is 0 Å². The minimum absolute atomic E-state index is 0.0171. The molecule has 1 heterocycles. The van der Waals surface area contributed by atoms with E-state index < -0.39 is 11.4 Å². The van der Waals surface area contributed by atoms with Crippen LogP contribution >= 0.6 is 0 Å². The second-order valence-electron chi connectivity index (χ2n) is 6.10. The number of rotatable bonds is 5. The van der Waals surface area contributed by atoms with Crippen molar-refractivity contribution in [3.63, 3.8) is 0 Å². The molecular formula is C16H19N3O4. The summed E-state index contributed by atoms with van der Waals surface area (Å²) in [6.45, 7) is 1.18. The standard InChI is InChI=1S/C16H19N3O4/c20-13(10-16(14(21)22)5-2-6-16)18-11-3-1-4-12(9-11)19-8-7-17-15(19)23/h1,3-4,9H,2,5-8,10H2,(H,17,23)(H,18,20)(H,21,22). The molecule has 1 saturated heterocycles. The fourth-order valence-corrected chi connectivity index (χ4v) is 3.05. The van der Waals surface area contributed by atoms with Crippen molar-refractivity contribution in [2.75, 3.05) is 23.3 Å². The van der Waals surface area contributed by atoms with E-state index in [1.54, 1.807) is 29.2 Å². The maximum absolute atomic E-state index is 12.2. The number of hydrogen-bond donors (Lipinski definition) is 3. The van der Waals surface area contributed by atoms with Crippen molar-refractivity contribution < 1.29 is 19.5 Å². The summed E-state index contributed by atoms with van der Waals surface area (Å²) in [6, 6.07) is 6.84. The van der Waals surface area contributed by atoms with E-state index in [2.05, 4.69) is 10.6 Å². The maximum Gasteiger partial charge on any atom is 0.321 e. The Bertz CT molecular complexity index is 654. The average Bonchev–Trinajstić information content (AvgIpc) is 2.89. The molecule has 3 amide bonds. The molecule has 1 aromatic carbocycles. The molecule has 122 valence electrons. The molecule has 3 rings (SSSR count). The first-order valence-corrected chi connectivity index (χ1v) is 7.69. The molecule has 2 fully saturated rings. The summed E-state index contributed by atoms with van der Waals surface area (Å²) in [4.78, 5) is 36.8. The molecular weight excluding hydrogens is 298 g/mol. The van der Waals surface area contributed by atoms with Crippen molar-refractivity contribution in [2.24, 2.45) is 5.41 Å². The van der Waals surface area contributed by atoms with Gasteiger partial charge in [-0.25, -0.2) is 4.79 Å². The van der Waals surface area contributed by atoms with Gasteiger partial charge in [-0.1, -0.05) is 12.5 Å². The SMILES string of the molecule is O=C(CC1(C(=O)O)CCC1)Nc1cccc(N2CCNC2=O)c1. The summed E-state index contributed by atoms with van der Waals surface area (Å²) in [6.07, 6.45) is 1.92. The third kappa shape index (κ3) is 2.99. The van der Waals surface area contributed by atoms with Gasteiger partial charge in [0.05, 0.1) is 5.41 Å². The van der Waals surface area contributed by atoms with Crippen molar-refractivity contribution in [1.29, 1.82) is 0 Å². The molecule has 7 nitrogen and oxygen atoms in total. The van der Waals surface area contributed by atoms with Crippen molar-refractivity contribution in [3.05, 3.63) is 24.3 Å². The smallest absolute Gasteiger partial charge is 0.321 e. The number of nitrogens with one attached hydrogen (secondary N) is 2. The van der Waals surface area contributed by atoms with E-state index in [0.29, 0.717) is 37.3 Å². The first kappa shape index (κ1) is 15.3. The molecule has 1 saturated carbocycles. The van der Waals surface area contributed by atoms with Crippen LogP contribution in [0, 0.1) is 5.41 Å². The zero-order chi connectivity index (χ0) is 16.4. The van der Waals surface area contributed by atoms with Crippen molar-refractivity contribution in [2.45, 2.75) is 25.7 Å². The first-order chi connectivity index (χ1) is 11.0. The number of nitrogens with zero attached hydrogens (tertiary/aromatic N) is 1. The van der Waals surface area contributed by atoms with Gasteiger partial charge in [0.15, 0.2) is 0 Å². The number of aliphatic carboxylic acids is 1. The summed E-state index contributed by atoms with van der Waals surface area (Å²) in [5.74, 6) is -1.21. The van der Waals surface area contributed by atoms with Gasteiger partial charge in [0.25, 0.3) is 0 Å². The van der Waals surface area contributed by atoms with E-state index in [4.69, 9.17) is 0 Å². The predicted molar refractivity (Wildman–Crippen MR) is 84.4 cm³/mol. The number of amides is 3. The summed E-state index contributed by atoms with van der Waals surface area (Å²) in [7, 11) is 0. The van der Waals surface area contributed by atoms with Gasteiger partial charge in [0.2, 0.25) is 5.91 Å². The van der Waals surface area contributed by atoms with Crippen LogP contribution in [-0.4, -0.2) is 36.1 Å². The highest BCUT2D eigenvalue weighted by atomic mass is 16.4. The highest BCUT2D eigenvalue weighted by Gasteiger charge is 2.45. The summed E-state index contributed by atoms with van der Waals surface area (Å²) >= 11 is 0. The third-order valence-corrected chi connectivity index (χ3v) is 4.56. The fourth-order valence-electron chi connectivity index (χ4n) is 3.05. The third-order valence-electron chi connectivity index (χ3n) is 4.56. The van der Waals surface area contributed by atoms with Gasteiger partial charge in [-0.2, -0.15) is 0 Å². The Morgan fingerprint density at radius 3 is 2.70 bits per heavy atom. The molecule has 1 aliphatic heterocycles. The van der Waals surface area contributed by atoms with Crippen LogP contribution in [0.15, 0.2) is 24.3 Å². The van der Waals surface area contributed by atoms with Gasteiger partial charge in [0, 0.05) is 30.9 Å². The van der Waals surface area contributed by atoms with E-state index in [9.17, 15) is 19.5 Å². The normalized spacial score (nSPS) is 19.0. The van der Waals surface area contributed by atoms with E-state index in [1.807, 2.05) is 0 Å². The number of carbonyl (C=O) groups is 3. The molecule has 0 bridgehead atoms. The van der Waals surface area contributed by atoms with Gasteiger partial charge in [-0.3, -0.25) is 14.5 Å². The lowest BCUT2D eigenvalue weighted by molar-refractivity contribution is -0.157. The molecule has 3 N–H and O–H groups in total. The van der Waals surface area contributed by atoms with Crippen LogP contribution in [-0.2, 0) is 9.59 Å². The molecule has 1 aliphatic carbocycles. The minimum atomic E-state index is -0.906. The maximum atomic E-state index is 12.2. The van der Waals surface area contributed by atoms with Crippen LogP contribution in [0.1, 0.15) is 25.7 Å². The Labute approximate surface area is 133 Å². The lowest BCUT2D eigenvalue weighted by Gasteiger charge is -2.36. The van der Waals surface area contributed by atoms with Gasteiger partial charge in [-0.05, 0) is 31.0 Å². The largest absolute Gasteiger partial charge is 0.481 e. The number of hydrogen-bond acceptors (Lipinski definition) is 3. The Morgan fingerprint density at radius 2 is 2.13 bits per heavy atom. The van der Waals surface area contributed by atoms with E-state index in [0.717, 1.165) is 6.42 Å². The monoisotopic (exact) mass is 317 g/mol. The quantitative estimate of drug-likeness (QED) is 0.771. The Kier molecular flexibility index (Phi) is 3.94. The number of anilines is 2. The van der Waals surface area contributed by atoms with Crippen molar-refractivity contribution in [1.82, 2.24) is 5.32 Å². The first-order valence-electron chi connectivity index (χ1n) is 7.69. The van der Waals surface area contributed by atoms with Crippen LogP contribution in [0.2, 0.25) is 0 Å². The predicted octanol–water partition coefficient (Wildman–Crippen LogP) is 1.80. The zero-order valence-corrected chi connectivity index (χ0v) is 12.7. The number of carboxylic acids is 1. The highest BCUT2D eigenvalue weighted by molar-refractivity contribution is 5.97. The molecule has 0 spiro atoms. The number of carboxylic acid groups (broad SMARTS) is 1. The van der Waals surface area contributed by atoms with Crippen LogP contribution in [0.3, 0.4) is 0 Å². The molecule has 0 aromatic heterocycles. The topological polar surface area (TPSA) is 98.7 Å². The van der Waals surface area contributed by atoms with Crippen molar-refractivity contribution in [3.8, 4) is 0 Å². The van der Waals surface area contributed by atoms with Gasteiger partial charge >= 0.3 is 12.0 Å². The molecule has 0 atom stereocenters. The molecule has 2 aliphatic rings. The van der Waals surface area contributed by atoms with Gasteiger partial charge in [0.1, 0.15) is 0 Å². The summed E-state index contributed by atoms with van der Waals surface area (Å²) in [5.41, 5.74) is 0.359. The van der Waals surface area contributed by atoms with E-state index in [1.165, 1.54) is 0 Å². The number of urea groups is 1. The molecule has 7 heteroatoms. The molecule has 1 aromatic rings. The zero-order valence-electron chi connectivity index (χ0n) is 12.7. The molecule has 0 radical (unpaired) electrons. The van der Waals surface area contributed by atoms with E-state index in [-0.39, 0.29) is 18.4 Å². The van der Waals surface area contributed by atoms with Crippen LogP contribution in [0.4, 0.5) is 16.2 Å². The molecule has 0 unspecified atom stereocenters. The summed E-state index contributed by atoms with van der Waals surface area (Å²) < 4.78 is 0. The van der Waals surface area contributed by atoms with Crippen molar-refractivity contribution >= 4 is 29.3 Å². The Morgan fingerprint density at radius 1 is 1.35 bits per heavy atom. The second kappa shape index (κ2) is 5.91. The van der Waals surface area contributed by atoms with E-state index >= 15 is 0 Å². The lowest BCUT2D eigenvalue weighted by atomic mass is 9.66. The lowest BCUT2D eigenvalue weighted by Crippen LogP contribution is -2.41. The Balaban J connectivity index is 1.67. The minimum Gasteiger partial charge on any atom is -0.481 e. The highest BCUT2D eigenvalue weighted by Crippen LogP contribution is 2.44. The second-order valence-corrected chi connectivity index (χ2v) is 6.10. The van der Waals surface area contributed by atoms with Crippen LogP contribution < -0.4 is 15.5 Å². The molecule has 23 heavy (non-hydrogen) atoms. The fraction of sp³-hybridized carbons (Fsp3) is 0.438. The number of carbonyl (C=O) groups excluding carboxylic acids is 2. The van der Waals surface area contributed by atoms with Gasteiger partial charge < -0.3 is 15.7 Å². The number of benzene rings is 1. The Hall–Kier alpha value is -2.57.